The van der Waals surface area contributed by atoms with Crippen molar-refractivity contribution in [3.05, 3.63) is 63.3 Å². The summed E-state index contributed by atoms with van der Waals surface area (Å²) in [5.74, 6) is 1.58. The van der Waals surface area contributed by atoms with Crippen LogP contribution in [0.25, 0.3) is 10.2 Å². The molecule has 0 atom stereocenters. The molecule has 3 heterocycles. The number of allylic oxidation sites excluding steroid dienone is 1. The molecular formula is C24H28N2O3S2. The summed E-state index contributed by atoms with van der Waals surface area (Å²) in [4.78, 5) is 20.3. The van der Waals surface area contributed by atoms with Crippen LogP contribution in [0.4, 0.5) is 0 Å². The van der Waals surface area contributed by atoms with E-state index in [-0.39, 0.29) is 17.3 Å². The lowest BCUT2D eigenvalue weighted by molar-refractivity contribution is -0.0379. The highest BCUT2D eigenvalue weighted by Gasteiger charge is 2.31. The van der Waals surface area contributed by atoms with E-state index >= 15 is 0 Å². The minimum absolute atomic E-state index is 0.0169. The van der Waals surface area contributed by atoms with Crippen LogP contribution < -0.4 is 10.3 Å². The minimum atomic E-state index is -0.268. The highest BCUT2D eigenvalue weighted by atomic mass is 32.2. The maximum Gasteiger partial charge on any atom is 0.263 e. The van der Waals surface area contributed by atoms with E-state index in [1.54, 1.807) is 33.7 Å². The van der Waals surface area contributed by atoms with Gasteiger partial charge in [0.05, 0.1) is 23.7 Å². The zero-order valence-corrected chi connectivity index (χ0v) is 20.1. The Morgan fingerprint density at radius 2 is 2.10 bits per heavy atom. The molecule has 0 bridgehead atoms. The number of rotatable bonds is 7. The van der Waals surface area contributed by atoms with Crippen LogP contribution in [0.3, 0.4) is 0 Å². The molecule has 164 valence electrons. The molecule has 0 amide bonds. The third-order valence-corrected chi connectivity index (χ3v) is 7.28. The van der Waals surface area contributed by atoms with Gasteiger partial charge >= 0.3 is 0 Å². The lowest BCUT2D eigenvalue weighted by Gasteiger charge is -2.29. The van der Waals surface area contributed by atoms with Crippen LogP contribution in [0.5, 0.6) is 5.75 Å². The number of hydrogen-bond acceptors (Lipinski definition) is 6. The Balaban J connectivity index is 1.65. The molecule has 0 aliphatic carbocycles. The maximum absolute atomic E-state index is 13.5. The van der Waals surface area contributed by atoms with Crippen molar-refractivity contribution in [1.82, 2.24) is 9.55 Å². The number of aromatic nitrogens is 2. The Kier molecular flexibility index (Phi) is 6.28. The number of benzene rings is 1. The normalized spacial score (nSPS) is 15.3. The van der Waals surface area contributed by atoms with Gasteiger partial charge in [0.25, 0.3) is 5.56 Å². The highest BCUT2D eigenvalue weighted by molar-refractivity contribution is 7.98. The van der Waals surface area contributed by atoms with Gasteiger partial charge in [-0.2, -0.15) is 0 Å². The molecule has 0 unspecified atom stereocenters. The third-order valence-electron chi connectivity index (χ3n) is 5.13. The largest absolute Gasteiger partial charge is 0.491 e. The second-order valence-corrected chi connectivity index (χ2v) is 10.6. The van der Waals surface area contributed by atoms with E-state index in [2.05, 4.69) is 32.6 Å². The Labute approximate surface area is 191 Å². The van der Waals surface area contributed by atoms with Gasteiger partial charge in [0.2, 0.25) is 0 Å². The first-order valence-corrected chi connectivity index (χ1v) is 12.3. The second-order valence-electron chi connectivity index (χ2n) is 8.61. The molecule has 0 fully saturated rings. The first kappa shape index (κ1) is 22.1. The van der Waals surface area contributed by atoms with E-state index in [4.69, 9.17) is 14.5 Å². The van der Waals surface area contributed by atoms with Crippen LogP contribution in [0, 0.1) is 0 Å². The quantitative estimate of drug-likeness (QED) is 0.264. The Morgan fingerprint density at radius 3 is 2.77 bits per heavy atom. The van der Waals surface area contributed by atoms with E-state index < -0.39 is 0 Å². The van der Waals surface area contributed by atoms with Crippen LogP contribution in [-0.2, 0) is 30.1 Å². The number of thiophene rings is 1. The van der Waals surface area contributed by atoms with Crippen molar-refractivity contribution in [1.29, 1.82) is 0 Å². The third kappa shape index (κ3) is 4.73. The molecule has 1 aromatic carbocycles. The monoisotopic (exact) mass is 456 g/mol. The van der Waals surface area contributed by atoms with Crippen LogP contribution >= 0.6 is 23.1 Å². The van der Waals surface area contributed by atoms with E-state index in [0.29, 0.717) is 13.2 Å². The molecule has 1 aliphatic rings. The van der Waals surface area contributed by atoms with E-state index in [9.17, 15) is 4.79 Å². The summed E-state index contributed by atoms with van der Waals surface area (Å²) < 4.78 is 13.4. The number of thioether (sulfide) groups is 1. The smallest absolute Gasteiger partial charge is 0.263 e. The van der Waals surface area contributed by atoms with Gasteiger partial charge in [-0.1, -0.05) is 30.0 Å². The van der Waals surface area contributed by atoms with Crippen molar-refractivity contribution in [3.63, 3.8) is 0 Å². The number of fused-ring (bicyclic) bond motifs is 3. The lowest BCUT2D eigenvalue weighted by atomic mass is 9.94. The fourth-order valence-electron chi connectivity index (χ4n) is 3.69. The van der Waals surface area contributed by atoms with Crippen LogP contribution in [0.15, 0.2) is 46.9 Å². The van der Waals surface area contributed by atoms with Gasteiger partial charge in [-0.25, -0.2) is 4.98 Å². The second kappa shape index (κ2) is 8.81. The molecule has 7 heteroatoms. The summed E-state index contributed by atoms with van der Waals surface area (Å²) in [5, 5.41) is 1.47. The first-order valence-electron chi connectivity index (χ1n) is 10.5. The predicted molar refractivity (Wildman–Crippen MR) is 128 cm³/mol. The Morgan fingerprint density at radius 1 is 1.35 bits per heavy atom. The summed E-state index contributed by atoms with van der Waals surface area (Å²) >= 11 is 3.15. The summed E-state index contributed by atoms with van der Waals surface area (Å²) in [7, 11) is 0. The lowest BCUT2D eigenvalue weighted by Crippen LogP contribution is -2.32. The number of nitrogens with zero attached hydrogens (tertiary/aromatic N) is 2. The van der Waals surface area contributed by atoms with Gasteiger partial charge < -0.3 is 9.47 Å². The first-order chi connectivity index (χ1) is 14.8. The minimum Gasteiger partial charge on any atom is -0.491 e. The summed E-state index contributed by atoms with van der Waals surface area (Å²) in [6, 6.07) is 8.09. The number of hydrogen-bond donors (Lipinski definition) is 0. The zero-order chi connectivity index (χ0) is 22.2. The molecule has 4 rings (SSSR count). The molecule has 0 saturated carbocycles. The van der Waals surface area contributed by atoms with Crippen molar-refractivity contribution in [2.75, 3.05) is 0 Å². The topological polar surface area (TPSA) is 53.4 Å². The molecule has 5 nitrogen and oxygen atoms in total. The predicted octanol–water partition coefficient (Wildman–Crippen LogP) is 5.57. The maximum atomic E-state index is 13.5. The van der Waals surface area contributed by atoms with Gasteiger partial charge in [0, 0.05) is 23.6 Å². The van der Waals surface area contributed by atoms with Crippen LogP contribution in [0.1, 0.15) is 43.7 Å². The van der Waals surface area contributed by atoms with E-state index in [1.165, 1.54) is 0 Å². The molecule has 0 N–H and O–H groups in total. The van der Waals surface area contributed by atoms with Crippen molar-refractivity contribution in [2.45, 2.75) is 69.9 Å². The number of ether oxygens (including phenoxy) is 2. The van der Waals surface area contributed by atoms with Crippen molar-refractivity contribution >= 4 is 33.3 Å². The zero-order valence-electron chi connectivity index (χ0n) is 18.4. The van der Waals surface area contributed by atoms with Gasteiger partial charge in [0.1, 0.15) is 10.6 Å². The average Bonchev–Trinajstić information content (AvgIpc) is 3.06. The van der Waals surface area contributed by atoms with Gasteiger partial charge in [0.15, 0.2) is 5.16 Å². The Bertz CT molecular complexity index is 1160. The van der Waals surface area contributed by atoms with Gasteiger partial charge in [-0.05, 0) is 51.0 Å². The standard InChI is InChI=1S/C24H28N2O3S2/c1-6-11-26-22(27)20-18-12-24(4,5)28-13-19(18)31-21(20)25-23(26)30-14-16-7-9-17(10-8-16)29-15(2)3/h6-10,15H,1,11-14H2,2-5H3. The molecule has 1 aliphatic heterocycles. The highest BCUT2D eigenvalue weighted by Crippen LogP contribution is 2.37. The average molecular weight is 457 g/mol. The SMILES string of the molecule is C=CCn1c(SCc2ccc(OC(C)C)cc2)nc2sc3c(c2c1=O)CC(C)(C)OC3. The molecular weight excluding hydrogens is 428 g/mol. The van der Waals surface area contributed by atoms with Crippen LogP contribution in [0.2, 0.25) is 0 Å². The van der Waals surface area contributed by atoms with Crippen molar-refractivity contribution in [3.8, 4) is 5.75 Å². The fourth-order valence-corrected chi connectivity index (χ4v) is 5.80. The van der Waals surface area contributed by atoms with Gasteiger partial charge in [-0.3, -0.25) is 9.36 Å². The van der Waals surface area contributed by atoms with Gasteiger partial charge in [-0.15, -0.1) is 17.9 Å². The molecule has 0 spiro atoms. The van der Waals surface area contributed by atoms with E-state index in [1.807, 2.05) is 26.0 Å². The summed E-state index contributed by atoms with van der Waals surface area (Å²) in [6.45, 7) is 13.0. The molecule has 0 saturated heterocycles. The summed E-state index contributed by atoms with van der Waals surface area (Å²) in [5.41, 5.74) is 2.00. The molecule has 31 heavy (non-hydrogen) atoms. The molecule has 0 radical (unpaired) electrons. The fraction of sp³-hybridized carbons (Fsp3) is 0.417. The summed E-state index contributed by atoms with van der Waals surface area (Å²) in [6.07, 6.45) is 2.63. The van der Waals surface area contributed by atoms with Crippen LogP contribution in [-0.4, -0.2) is 21.3 Å². The molecule has 3 aromatic rings. The van der Waals surface area contributed by atoms with Crippen molar-refractivity contribution < 1.29 is 9.47 Å². The van der Waals surface area contributed by atoms with E-state index in [0.717, 1.165) is 49.3 Å². The molecule has 2 aromatic heterocycles. The Hall–Kier alpha value is -2.09. The van der Waals surface area contributed by atoms with Crippen molar-refractivity contribution in [2.24, 2.45) is 0 Å².